The molecule has 2 aliphatic heterocycles. The Morgan fingerprint density at radius 2 is 1.81 bits per heavy atom. The van der Waals surface area contributed by atoms with E-state index >= 15 is 0 Å². The van der Waals surface area contributed by atoms with Crippen LogP contribution in [0.4, 0.5) is 0 Å². The summed E-state index contributed by atoms with van der Waals surface area (Å²) in [4.78, 5) is 45.6. The Balaban J connectivity index is 1.08. The van der Waals surface area contributed by atoms with Crippen LogP contribution >= 0.6 is 0 Å². The quantitative estimate of drug-likeness (QED) is 0.0539. The molecule has 332 valence electrons. The number of aliphatic hydroxyl groups is 5. The Kier molecular flexibility index (Phi) is 11.1. The van der Waals surface area contributed by atoms with Gasteiger partial charge in [0.05, 0.1) is 40.5 Å². The van der Waals surface area contributed by atoms with Crippen LogP contribution < -0.4 is 15.5 Å². The lowest BCUT2D eigenvalue weighted by atomic mass is 9.65. The van der Waals surface area contributed by atoms with Gasteiger partial charge in [-0.15, -0.1) is 0 Å². The molecule has 16 heteroatoms. The second-order valence-corrected chi connectivity index (χ2v) is 18.0. The molecule has 9 rings (SSSR count). The third-order valence-corrected chi connectivity index (χ3v) is 14.2. The van der Waals surface area contributed by atoms with Crippen molar-refractivity contribution in [3.8, 4) is 11.4 Å². The largest absolute Gasteiger partial charge is 0.482 e. The van der Waals surface area contributed by atoms with Crippen molar-refractivity contribution >= 4 is 38.8 Å². The third-order valence-electron chi connectivity index (χ3n) is 14.2. The van der Waals surface area contributed by atoms with Gasteiger partial charge >= 0.3 is 0 Å². The van der Waals surface area contributed by atoms with Crippen molar-refractivity contribution in [3.63, 3.8) is 0 Å². The number of nitrogens with zero attached hydrogens (tertiary/aromatic N) is 2. The highest BCUT2D eigenvalue weighted by atomic mass is 17.2. The molecule has 1 aromatic carbocycles. The van der Waals surface area contributed by atoms with Gasteiger partial charge in [0, 0.05) is 60.5 Å². The topological polar surface area (TPSA) is 230 Å². The van der Waals surface area contributed by atoms with Gasteiger partial charge in [-0.3, -0.25) is 9.59 Å². The van der Waals surface area contributed by atoms with Gasteiger partial charge in [0.1, 0.15) is 53.7 Å². The predicted octanol–water partition coefficient (Wildman–Crippen LogP) is 4.21. The molecule has 16 nitrogen and oxygen atoms in total. The summed E-state index contributed by atoms with van der Waals surface area (Å²) in [7, 11) is 0. The summed E-state index contributed by atoms with van der Waals surface area (Å²) in [5.41, 5.74) is 0.797. The van der Waals surface area contributed by atoms with E-state index in [1.54, 1.807) is 42.1 Å². The van der Waals surface area contributed by atoms with E-state index in [2.05, 4.69) is 22.2 Å². The number of hydrogen-bond acceptors (Lipinski definition) is 11. The van der Waals surface area contributed by atoms with Gasteiger partial charge < -0.3 is 59.1 Å². The fourth-order valence-corrected chi connectivity index (χ4v) is 10.6. The average molecular weight is 856 g/mol. The molecule has 1 saturated heterocycles. The number of benzene rings is 1. The second-order valence-electron chi connectivity index (χ2n) is 18.0. The number of aliphatic hydroxyl groups excluding tert-OH is 4. The van der Waals surface area contributed by atoms with Gasteiger partial charge in [-0.25, -0.2) is 9.78 Å². The van der Waals surface area contributed by atoms with E-state index in [9.17, 15) is 35.1 Å². The zero-order valence-corrected chi connectivity index (χ0v) is 35.4. The highest BCUT2D eigenvalue weighted by Gasteiger charge is 2.53. The van der Waals surface area contributed by atoms with E-state index in [1.165, 1.54) is 6.07 Å². The van der Waals surface area contributed by atoms with Crippen LogP contribution in [0.3, 0.4) is 0 Å². The van der Waals surface area contributed by atoms with E-state index in [0.717, 1.165) is 54.2 Å². The number of nitrogens with one attached hydrogen (secondary N) is 3. The van der Waals surface area contributed by atoms with Crippen molar-refractivity contribution in [2.75, 3.05) is 19.8 Å². The Morgan fingerprint density at radius 1 is 1.03 bits per heavy atom. The molecule has 0 bridgehead atoms. The van der Waals surface area contributed by atoms with E-state index in [1.807, 2.05) is 30.0 Å². The number of carbonyl (C=O) groups is 1. The number of rotatable bonds is 15. The Hall–Kier alpha value is -4.94. The van der Waals surface area contributed by atoms with Gasteiger partial charge in [-0.05, 0) is 76.1 Å². The number of hydrogen-bond donors (Lipinski definition) is 8. The Morgan fingerprint density at radius 3 is 2.58 bits per heavy atom. The molecule has 3 aliphatic rings. The molecule has 1 saturated carbocycles. The van der Waals surface area contributed by atoms with Crippen molar-refractivity contribution in [2.24, 2.45) is 11.3 Å². The summed E-state index contributed by atoms with van der Waals surface area (Å²) in [6.45, 7) is 4.43. The molecule has 2 fully saturated rings. The lowest BCUT2D eigenvalue weighted by Crippen LogP contribution is -2.61. The summed E-state index contributed by atoms with van der Waals surface area (Å²) < 4.78 is 17.3. The van der Waals surface area contributed by atoms with Crippen LogP contribution in [0.5, 0.6) is 5.75 Å². The first-order valence-electron chi connectivity index (χ1n) is 21.8. The van der Waals surface area contributed by atoms with E-state index < -0.39 is 54.2 Å². The summed E-state index contributed by atoms with van der Waals surface area (Å²) in [6.07, 6.45) is 7.53. The monoisotopic (exact) mass is 855 g/mol. The van der Waals surface area contributed by atoms with Crippen LogP contribution in [0, 0.1) is 18.3 Å². The number of aromatic nitrogens is 4. The van der Waals surface area contributed by atoms with Crippen LogP contribution in [0.25, 0.3) is 38.6 Å². The van der Waals surface area contributed by atoms with E-state index in [0.29, 0.717) is 65.1 Å². The molecule has 7 atom stereocenters. The molecule has 1 spiro atoms. The number of aromatic amines is 2. The van der Waals surface area contributed by atoms with Gasteiger partial charge in [-0.1, -0.05) is 26.2 Å². The van der Waals surface area contributed by atoms with Crippen molar-refractivity contribution in [3.05, 3.63) is 82.4 Å². The Bertz CT molecular complexity index is 2650. The first kappa shape index (κ1) is 42.4. The fourth-order valence-electron chi connectivity index (χ4n) is 10.6. The molecule has 7 heterocycles. The molecular formula is C46H57N5O11. The first-order chi connectivity index (χ1) is 29.8. The lowest BCUT2D eigenvalue weighted by molar-refractivity contribution is -0.365. The van der Waals surface area contributed by atoms with Crippen LogP contribution in [-0.2, 0) is 34.0 Å². The lowest BCUT2D eigenvalue weighted by Gasteiger charge is -2.44. The molecule has 8 N–H and O–H groups in total. The number of aryl methyl sites for hydroxylation is 2. The first-order valence-corrected chi connectivity index (χ1v) is 21.8. The highest BCUT2D eigenvalue weighted by Crippen LogP contribution is 2.50. The average Bonchev–Trinajstić information content (AvgIpc) is 4.10. The van der Waals surface area contributed by atoms with Crippen LogP contribution in [0.15, 0.2) is 64.3 Å². The van der Waals surface area contributed by atoms with Crippen molar-refractivity contribution in [2.45, 2.75) is 121 Å². The van der Waals surface area contributed by atoms with Crippen LogP contribution in [-0.4, -0.2) is 106 Å². The van der Waals surface area contributed by atoms with Gasteiger partial charge in [0.15, 0.2) is 16.8 Å². The van der Waals surface area contributed by atoms with Gasteiger partial charge in [-0.2, -0.15) is 0 Å². The highest BCUT2D eigenvalue weighted by molar-refractivity contribution is 5.92. The maximum absolute atomic E-state index is 13.7. The standard InChI is InChI=1S/C46H57N5O11/c1-4-33-29-9-15-48-32(29)22-51(33)39-40-27(19-30-35(53)18-26(2)60-41(30)39)20-38(44(3,61-40)14-8-28-21-49-43(57)45(28)12-6-5-7-13-45)62-59-24-37(55)46(58,42(56)36(54)23-52)25-50-17-11-31-34(50)10-16-47-31/h9-11,15-19,22,28,36-38,42,47-48,52,54-56,58H,4-8,12-14,20-21,23-25H2,1-3H3,(H,49,57)/t28-,36-,37+,38-,42-,44-,46-/m1/s1. The number of H-pyrrole nitrogens is 2. The normalized spacial score (nSPS) is 23.7. The molecule has 0 radical (unpaired) electrons. The number of ether oxygens (including phenoxy) is 1. The van der Waals surface area contributed by atoms with E-state index in [-0.39, 0.29) is 30.2 Å². The van der Waals surface area contributed by atoms with Crippen LogP contribution in [0.2, 0.25) is 0 Å². The zero-order chi connectivity index (χ0) is 43.6. The second kappa shape index (κ2) is 16.3. The molecule has 1 amide bonds. The summed E-state index contributed by atoms with van der Waals surface area (Å²) in [5.74, 6) is 1.14. The third kappa shape index (κ3) is 7.05. The van der Waals surface area contributed by atoms with Gasteiger partial charge in [0.2, 0.25) is 5.91 Å². The smallest absolute Gasteiger partial charge is 0.226 e. The molecule has 6 aromatic rings. The minimum Gasteiger partial charge on any atom is -0.482 e. The van der Waals surface area contributed by atoms with Crippen molar-refractivity contribution in [1.82, 2.24) is 24.4 Å². The molecular weight excluding hydrogens is 799 g/mol. The summed E-state index contributed by atoms with van der Waals surface area (Å²) >= 11 is 0. The maximum Gasteiger partial charge on any atom is 0.226 e. The van der Waals surface area contributed by atoms with E-state index in [4.69, 9.17) is 18.9 Å². The number of carbonyl (C=O) groups excluding carboxylic acids is 1. The van der Waals surface area contributed by atoms with Crippen molar-refractivity contribution in [1.29, 1.82) is 0 Å². The minimum atomic E-state index is -2.41. The maximum atomic E-state index is 13.7. The minimum absolute atomic E-state index is 0.0591. The zero-order valence-electron chi connectivity index (χ0n) is 35.4. The van der Waals surface area contributed by atoms with Crippen LogP contribution in [0.1, 0.15) is 75.8 Å². The van der Waals surface area contributed by atoms with Gasteiger partial charge in [0.25, 0.3) is 0 Å². The Labute approximate surface area is 357 Å². The SMILES string of the molecule is CCc1c2cc[nH]c2cn1-c1c2c(cc3c(=O)cc(C)oc13)C[C@@H](OOC[C@H](O)[C@](O)(Cn1ccc3[nH]ccc31)[C@H](O)[C@H](O)CO)[C@@](C)(CC[C@@H]1CNC(=O)C13CCCCC3)O2. The predicted molar refractivity (Wildman–Crippen MR) is 229 cm³/mol. The molecule has 5 aromatic heterocycles. The van der Waals surface area contributed by atoms with Crippen molar-refractivity contribution < 1.29 is 49.3 Å². The number of amides is 1. The fraction of sp³-hybridized carbons (Fsp3) is 0.522. The molecule has 0 unspecified atom stereocenters. The summed E-state index contributed by atoms with van der Waals surface area (Å²) in [6, 6.07) is 8.79. The summed E-state index contributed by atoms with van der Waals surface area (Å²) in [5, 5.41) is 59.5. The number of fused-ring (bicyclic) bond motifs is 4. The molecule has 1 aliphatic carbocycles. The molecule has 62 heavy (non-hydrogen) atoms.